The minimum absolute atomic E-state index is 0.0270. The van der Waals surface area contributed by atoms with Gasteiger partial charge in [-0.1, -0.05) is 28.9 Å². The molecule has 1 aliphatic heterocycles. The number of benzene rings is 1. The van der Waals surface area contributed by atoms with E-state index in [-0.39, 0.29) is 5.78 Å². The van der Waals surface area contributed by atoms with Gasteiger partial charge in [-0.25, -0.2) is 4.68 Å². The van der Waals surface area contributed by atoms with Crippen molar-refractivity contribution in [2.45, 2.75) is 12.5 Å². The van der Waals surface area contributed by atoms with Gasteiger partial charge in [0.1, 0.15) is 5.69 Å². The largest absolute Gasteiger partial charge is 0.312 e. The molecule has 98 valence electrons. The van der Waals surface area contributed by atoms with Crippen LogP contribution in [0.15, 0.2) is 30.5 Å². The highest BCUT2D eigenvalue weighted by molar-refractivity contribution is 6.30. The molecule has 2 heterocycles. The van der Waals surface area contributed by atoms with Crippen LogP contribution in [0.2, 0.25) is 5.02 Å². The van der Waals surface area contributed by atoms with Gasteiger partial charge in [0.2, 0.25) is 0 Å². The quantitative estimate of drug-likeness (QED) is 0.860. The number of carbonyl (C=O) groups is 1. The minimum atomic E-state index is -0.0270. The van der Waals surface area contributed by atoms with E-state index in [0.717, 1.165) is 18.7 Å². The van der Waals surface area contributed by atoms with Crippen LogP contribution in [0.5, 0.6) is 0 Å². The van der Waals surface area contributed by atoms with Gasteiger partial charge in [0.15, 0.2) is 5.78 Å². The molecule has 0 unspecified atom stereocenters. The SMILES string of the molecule is O=C(Cc1ccc(Cl)cc1)c1cn(C2CNC2)nn1. The smallest absolute Gasteiger partial charge is 0.189 e. The number of aromatic nitrogens is 3. The molecule has 19 heavy (non-hydrogen) atoms. The molecule has 0 saturated carbocycles. The molecular weight excluding hydrogens is 264 g/mol. The first-order chi connectivity index (χ1) is 9.22. The number of hydrogen-bond acceptors (Lipinski definition) is 4. The molecule has 1 aliphatic rings. The van der Waals surface area contributed by atoms with Crippen LogP contribution in [0.25, 0.3) is 0 Å². The zero-order valence-electron chi connectivity index (χ0n) is 10.2. The van der Waals surface area contributed by atoms with Crippen LogP contribution in [-0.4, -0.2) is 33.9 Å². The van der Waals surface area contributed by atoms with Gasteiger partial charge < -0.3 is 5.32 Å². The molecule has 1 aromatic heterocycles. The second-order valence-electron chi connectivity index (χ2n) is 4.62. The van der Waals surface area contributed by atoms with E-state index in [1.807, 2.05) is 12.1 Å². The Balaban J connectivity index is 1.69. The molecule has 0 aliphatic carbocycles. The van der Waals surface area contributed by atoms with Gasteiger partial charge in [-0.2, -0.15) is 0 Å². The van der Waals surface area contributed by atoms with Gasteiger partial charge in [-0.15, -0.1) is 5.10 Å². The predicted octanol–water partition coefficient (Wildman–Crippen LogP) is 1.50. The molecule has 3 rings (SSSR count). The molecule has 1 fully saturated rings. The van der Waals surface area contributed by atoms with Crippen molar-refractivity contribution < 1.29 is 4.79 Å². The van der Waals surface area contributed by atoms with E-state index in [4.69, 9.17) is 11.6 Å². The number of nitrogens with zero attached hydrogens (tertiary/aromatic N) is 3. The molecule has 1 saturated heterocycles. The first-order valence-corrected chi connectivity index (χ1v) is 6.50. The van der Waals surface area contributed by atoms with Crippen molar-refractivity contribution in [2.24, 2.45) is 0 Å². The Morgan fingerprint density at radius 2 is 2.11 bits per heavy atom. The zero-order chi connectivity index (χ0) is 13.2. The topological polar surface area (TPSA) is 59.8 Å². The van der Waals surface area contributed by atoms with E-state index in [9.17, 15) is 4.79 Å². The van der Waals surface area contributed by atoms with Crippen molar-refractivity contribution in [3.8, 4) is 0 Å². The van der Waals surface area contributed by atoms with Gasteiger partial charge in [0, 0.05) is 24.5 Å². The molecule has 0 atom stereocenters. The summed E-state index contributed by atoms with van der Waals surface area (Å²) in [6, 6.07) is 7.58. The predicted molar refractivity (Wildman–Crippen MR) is 71.4 cm³/mol. The molecule has 6 heteroatoms. The summed E-state index contributed by atoms with van der Waals surface area (Å²) >= 11 is 5.81. The fraction of sp³-hybridized carbons (Fsp3) is 0.308. The number of nitrogens with one attached hydrogen (secondary N) is 1. The number of hydrogen-bond donors (Lipinski definition) is 1. The summed E-state index contributed by atoms with van der Waals surface area (Å²) in [7, 11) is 0. The van der Waals surface area contributed by atoms with E-state index in [0.29, 0.717) is 23.2 Å². The van der Waals surface area contributed by atoms with Crippen molar-refractivity contribution in [1.82, 2.24) is 20.3 Å². The molecule has 0 radical (unpaired) electrons. The summed E-state index contributed by atoms with van der Waals surface area (Å²) in [5, 5.41) is 11.8. The van der Waals surface area contributed by atoms with Crippen LogP contribution in [0.4, 0.5) is 0 Å². The van der Waals surface area contributed by atoms with Gasteiger partial charge >= 0.3 is 0 Å². The maximum absolute atomic E-state index is 12.1. The van der Waals surface area contributed by atoms with Crippen LogP contribution >= 0.6 is 11.6 Å². The van der Waals surface area contributed by atoms with Crippen molar-refractivity contribution in [1.29, 1.82) is 0 Å². The fourth-order valence-corrected chi connectivity index (χ4v) is 2.05. The van der Waals surface area contributed by atoms with Crippen LogP contribution in [0, 0.1) is 0 Å². The molecule has 1 aromatic carbocycles. The van der Waals surface area contributed by atoms with Crippen molar-refractivity contribution in [3.63, 3.8) is 0 Å². The monoisotopic (exact) mass is 276 g/mol. The van der Waals surface area contributed by atoms with Crippen molar-refractivity contribution >= 4 is 17.4 Å². The van der Waals surface area contributed by atoms with Crippen molar-refractivity contribution in [2.75, 3.05) is 13.1 Å². The maximum atomic E-state index is 12.1. The Morgan fingerprint density at radius 1 is 1.37 bits per heavy atom. The Kier molecular flexibility index (Phi) is 3.31. The Morgan fingerprint density at radius 3 is 2.74 bits per heavy atom. The van der Waals surface area contributed by atoms with Gasteiger partial charge in [0.25, 0.3) is 0 Å². The van der Waals surface area contributed by atoms with E-state index < -0.39 is 0 Å². The lowest BCUT2D eigenvalue weighted by Crippen LogP contribution is -2.43. The highest BCUT2D eigenvalue weighted by Crippen LogP contribution is 2.13. The first-order valence-electron chi connectivity index (χ1n) is 6.12. The summed E-state index contributed by atoms with van der Waals surface area (Å²) in [6.45, 7) is 1.77. The lowest BCUT2D eigenvalue weighted by molar-refractivity contribution is 0.0988. The van der Waals surface area contributed by atoms with Crippen LogP contribution < -0.4 is 5.32 Å². The van der Waals surface area contributed by atoms with Gasteiger partial charge in [-0.3, -0.25) is 4.79 Å². The zero-order valence-corrected chi connectivity index (χ0v) is 11.0. The standard InChI is InChI=1S/C13H13ClN4O/c14-10-3-1-9(2-4-10)5-13(19)12-8-18(17-16-12)11-6-15-7-11/h1-4,8,11,15H,5-7H2. The van der Waals surface area contributed by atoms with E-state index in [1.54, 1.807) is 23.0 Å². The summed E-state index contributed by atoms with van der Waals surface area (Å²) < 4.78 is 1.76. The van der Waals surface area contributed by atoms with E-state index in [2.05, 4.69) is 15.6 Å². The van der Waals surface area contributed by atoms with Crippen LogP contribution in [0.3, 0.4) is 0 Å². The number of Topliss-reactive ketones (excluding diaryl/α,β-unsaturated/α-hetero) is 1. The highest BCUT2D eigenvalue weighted by atomic mass is 35.5. The number of ketones is 1. The fourth-order valence-electron chi connectivity index (χ4n) is 1.92. The third kappa shape index (κ3) is 2.67. The van der Waals surface area contributed by atoms with Gasteiger partial charge in [0.05, 0.1) is 12.2 Å². The highest BCUT2D eigenvalue weighted by Gasteiger charge is 2.21. The van der Waals surface area contributed by atoms with Crippen LogP contribution in [0.1, 0.15) is 22.1 Å². The Hall–Kier alpha value is -1.72. The summed E-state index contributed by atoms with van der Waals surface area (Å²) in [6.07, 6.45) is 2.04. The molecule has 2 aromatic rings. The average molecular weight is 277 g/mol. The van der Waals surface area contributed by atoms with Crippen LogP contribution in [-0.2, 0) is 6.42 Å². The van der Waals surface area contributed by atoms with E-state index >= 15 is 0 Å². The van der Waals surface area contributed by atoms with E-state index in [1.165, 1.54) is 0 Å². The third-order valence-electron chi connectivity index (χ3n) is 3.21. The Bertz CT molecular complexity index is 589. The summed E-state index contributed by atoms with van der Waals surface area (Å²) in [4.78, 5) is 12.1. The molecule has 0 amide bonds. The second kappa shape index (κ2) is 5.11. The lowest BCUT2D eigenvalue weighted by atomic mass is 10.1. The average Bonchev–Trinajstić information content (AvgIpc) is 2.79. The number of halogens is 1. The molecule has 5 nitrogen and oxygen atoms in total. The van der Waals surface area contributed by atoms with Gasteiger partial charge in [-0.05, 0) is 17.7 Å². The minimum Gasteiger partial charge on any atom is -0.312 e. The lowest BCUT2D eigenvalue weighted by Gasteiger charge is -2.26. The molecule has 0 spiro atoms. The Labute approximate surface area is 115 Å². The molecule has 0 bridgehead atoms. The molecular formula is C13H13ClN4O. The maximum Gasteiger partial charge on any atom is 0.189 e. The first kappa shape index (κ1) is 12.3. The second-order valence-corrected chi connectivity index (χ2v) is 5.06. The summed E-state index contributed by atoms with van der Waals surface area (Å²) in [5.74, 6) is -0.0270. The normalized spacial score (nSPS) is 15.2. The van der Waals surface area contributed by atoms with Crippen molar-refractivity contribution in [3.05, 3.63) is 46.7 Å². The third-order valence-corrected chi connectivity index (χ3v) is 3.46. The number of rotatable bonds is 4. The molecule has 1 N–H and O–H groups in total. The number of carbonyl (C=O) groups excluding carboxylic acids is 1. The summed E-state index contributed by atoms with van der Waals surface area (Å²) in [5.41, 5.74) is 1.34.